The van der Waals surface area contributed by atoms with Gasteiger partial charge in [0.25, 0.3) is 5.91 Å². The second-order valence-corrected chi connectivity index (χ2v) is 2.83. The minimum Gasteiger partial charge on any atom is -0.456 e. The molecule has 6 heteroatoms. The quantitative estimate of drug-likeness (QED) is 0.442. The van der Waals surface area contributed by atoms with E-state index in [9.17, 15) is 14.4 Å². The van der Waals surface area contributed by atoms with Gasteiger partial charge in [-0.3, -0.25) is 14.4 Å². The highest BCUT2D eigenvalue weighted by atomic mass is 16.5. The summed E-state index contributed by atoms with van der Waals surface area (Å²) in [5.41, 5.74) is 5.02. The Morgan fingerprint density at radius 3 is 2.53 bits per heavy atom. The van der Waals surface area contributed by atoms with Crippen LogP contribution >= 0.6 is 0 Å². The van der Waals surface area contributed by atoms with Crippen molar-refractivity contribution in [2.75, 3.05) is 6.61 Å². The molecular formula is C9H14N2O4. The van der Waals surface area contributed by atoms with E-state index in [2.05, 4.69) is 16.6 Å². The lowest BCUT2D eigenvalue weighted by atomic mass is 10.2. The van der Waals surface area contributed by atoms with Crippen LogP contribution in [0.3, 0.4) is 0 Å². The second kappa shape index (κ2) is 6.58. The first-order chi connectivity index (χ1) is 6.97. The number of carbonyl (C=O) groups is 3. The average molecular weight is 214 g/mol. The lowest BCUT2D eigenvalue weighted by Gasteiger charge is -2.12. The Bertz CT molecular complexity index is 275. The number of carbonyl (C=O) groups excluding carboxylic acids is 3. The maximum absolute atomic E-state index is 11.1. The van der Waals surface area contributed by atoms with Crippen molar-refractivity contribution in [1.29, 1.82) is 0 Å². The second-order valence-electron chi connectivity index (χ2n) is 2.83. The number of amides is 2. The van der Waals surface area contributed by atoms with E-state index in [1.54, 1.807) is 0 Å². The number of esters is 1. The molecule has 15 heavy (non-hydrogen) atoms. The van der Waals surface area contributed by atoms with Crippen LogP contribution in [0.2, 0.25) is 0 Å². The van der Waals surface area contributed by atoms with E-state index in [4.69, 9.17) is 5.73 Å². The first-order valence-corrected chi connectivity index (χ1v) is 4.30. The van der Waals surface area contributed by atoms with Gasteiger partial charge in [0.15, 0.2) is 6.61 Å². The van der Waals surface area contributed by atoms with E-state index in [0.717, 1.165) is 0 Å². The van der Waals surface area contributed by atoms with Crippen molar-refractivity contribution < 1.29 is 19.1 Å². The first kappa shape index (κ1) is 13.2. The van der Waals surface area contributed by atoms with Crippen LogP contribution in [0.25, 0.3) is 0 Å². The predicted molar refractivity (Wildman–Crippen MR) is 52.6 cm³/mol. The predicted octanol–water partition coefficient (Wildman–Crippen LogP) is -0.904. The van der Waals surface area contributed by atoms with Gasteiger partial charge in [-0.15, -0.1) is 6.58 Å². The van der Waals surface area contributed by atoms with Gasteiger partial charge in [0.05, 0.1) is 0 Å². The number of nitrogens with one attached hydrogen (secondary N) is 1. The van der Waals surface area contributed by atoms with E-state index in [1.165, 1.54) is 13.0 Å². The topological polar surface area (TPSA) is 98.5 Å². The Hall–Kier alpha value is -1.85. The largest absolute Gasteiger partial charge is 0.456 e. The van der Waals surface area contributed by atoms with Gasteiger partial charge in [-0.1, -0.05) is 6.08 Å². The zero-order chi connectivity index (χ0) is 11.8. The molecule has 0 aliphatic heterocycles. The van der Waals surface area contributed by atoms with Crippen molar-refractivity contribution in [3.63, 3.8) is 0 Å². The molecule has 0 saturated carbocycles. The third-order valence-electron chi connectivity index (χ3n) is 1.49. The fourth-order valence-corrected chi connectivity index (χ4v) is 0.816. The van der Waals surface area contributed by atoms with Crippen molar-refractivity contribution in [3.8, 4) is 0 Å². The van der Waals surface area contributed by atoms with Crippen molar-refractivity contribution in [1.82, 2.24) is 5.32 Å². The van der Waals surface area contributed by atoms with Crippen LogP contribution in [0, 0.1) is 0 Å². The Kier molecular flexibility index (Phi) is 5.77. The molecule has 0 aromatic rings. The van der Waals surface area contributed by atoms with Gasteiger partial charge in [-0.05, 0) is 6.42 Å². The van der Waals surface area contributed by atoms with Crippen molar-refractivity contribution in [2.24, 2.45) is 5.73 Å². The van der Waals surface area contributed by atoms with E-state index in [-0.39, 0.29) is 6.42 Å². The minimum absolute atomic E-state index is 0.237. The molecule has 1 atom stereocenters. The monoisotopic (exact) mass is 214 g/mol. The summed E-state index contributed by atoms with van der Waals surface area (Å²) in [5.74, 6) is -1.80. The molecule has 0 aliphatic carbocycles. The summed E-state index contributed by atoms with van der Waals surface area (Å²) in [6, 6.07) is -0.814. The number of primary amides is 1. The highest BCUT2D eigenvalue weighted by Gasteiger charge is 2.16. The molecule has 0 bridgehead atoms. The molecule has 0 spiro atoms. The molecule has 0 fully saturated rings. The maximum Gasteiger partial charge on any atom is 0.303 e. The summed E-state index contributed by atoms with van der Waals surface area (Å²) >= 11 is 0. The summed E-state index contributed by atoms with van der Waals surface area (Å²) in [5, 5.41) is 2.31. The molecule has 3 N–H and O–H groups in total. The molecule has 0 saturated heterocycles. The minimum atomic E-state index is -0.814. The first-order valence-electron chi connectivity index (χ1n) is 4.30. The van der Waals surface area contributed by atoms with Crippen LogP contribution < -0.4 is 11.1 Å². The third-order valence-corrected chi connectivity index (χ3v) is 1.49. The molecular weight excluding hydrogens is 200 g/mol. The van der Waals surface area contributed by atoms with Crippen molar-refractivity contribution in [3.05, 3.63) is 12.7 Å². The van der Waals surface area contributed by atoms with Gasteiger partial charge in [0.2, 0.25) is 5.91 Å². The summed E-state index contributed by atoms with van der Waals surface area (Å²) in [6.07, 6.45) is 1.70. The number of hydrogen-bond donors (Lipinski definition) is 2. The third kappa shape index (κ3) is 6.25. The summed E-state index contributed by atoms with van der Waals surface area (Å²) < 4.78 is 4.43. The Morgan fingerprint density at radius 1 is 1.53 bits per heavy atom. The average Bonchev–Trinajstić information content (AvgIpc) is 2.14. The van der Waals surface area contributed by atoms with Crippen LogP contribution in [-0.2, 0) is 19.1 Å². The van der Waals surface area contributed by atoms with E-state index < -0.39 is 30.4 Å². The maximum atomic E-state index is 11.1. The number of ether oxygens (including phenoxy) is 1. The lowest BCUT2D eigenvalue weighted by Crippen LogP contribution is -2.45. The summed E-state index contributed by atoms with van der Waals surface area (Å²) in [6.45, 7) is 4.18. The Balaban J connectivity index is 4.05. The van der Waals surface area contributed by atoms with Gasteiger partial charge in [0, 0.05) is 6.92 Å². The van der Waals surface area contributed by atoms with Gasteiger partial charge < -0.3 is 15.8 Å². The van der Waals surface area contributed by atoms with Crippen LogP contribution in [0.4, 0.5) is 0 Å². The van der Waals surface area contributed by atoms with Gasteiger partial charge in [0.1, 0.15) is 6.04 Å². The molecule has 2 amide bonds. The highest BCUT2D eigenvalue weighted by molar-refractivity contribution is 5.87. The SMILES string of the molecule is C=CC[C@H](NC(=O)COC(C)=O)C(N)=O. The molecule has 0 aromatic carbocycles. The normalized spacial score (nSPS) is 11.3. The number of rotatable bonds is 6. The zero-order valence-corrected chi connectivity index (χ0v) is 8.49. The summed E-state index contributed by atoms with van der Waals surface area (Å²) in [4.78, 5) is 32.3. The van der Waals surface area contributed by atoms with Crippen molar-refractivity contribution >= 4 is 17.8 Å². The Morgan fingerprint density at radius 2 is 2.13 bits per heavy atom. The fourth-order valence-electron chi connectivity index (χ4n) is 0.816. The molecule has 0 aliphatic rings. The van der Waals surface area contributed by atoms with Gasteiger partial charge >= 0.3 is 5.97 Å². The van der Waals surface area contributed by atoms with Gasteiger partial charge in [-0.2, -0.15) is 0 Å². The van der Waals surface area contributed by atoms with Crippen LogP contribution in [0.15, 0.2) is 12.7 Å². The van der Waals surface area contributed by atoms with E-state index in [0.29, 0.717) is 0 Å². The molecule has 84 valence electrons. The number of nitrogens with two attached hydrogens (primary N) is 1. The summed E-state index contributed by atoms with van der Waals surface area (Å²) in [7, 11) is 0. The molecule has 6 nitrogen and oxygen atoms in total. The smallest absolute Gasteiger partial charge is 0.303 e. The van der Waals surface area contributed by atoms with Crippen LogP contribution in [-0.4, -0.2) is 30.4 Å². The van der Waals surface area contributed by atoms with E-state index in [1.807, 2.05) is 0 Å². The van der Waals surface area contributed by atoms with E-state index >= 15 is 0 Å². The molecule has 0 unspecified atom stereocenters. The lowest BCUT2D eigenvalue weighted by molar-refractivity contribution is -0.146. The standard InChI is InChI=1S/C9H14N2O4/c1-3-4-7(9(10)14)11-8(13)5-15-6(2)12/h3,7H,1,4-5H2,2H3,(H2,10,14)(H,11,13)/t7-/m0/s1. The fraction of sp³-hybridized carbons (Fsp3) is 0.444. The Labute approximate surface area is 87.5 Å². The highest BCUT2D eigenvalue weighted by Crippen LogP contribution is 1.92. The van der Waals surface area contributed by atoms with Gasteiger partial charge in [-0.25, -0.2) is 0 Å². The molecule has 0 heterocycles. The van der Waals surface area contributed by atoms with Crippen LogP contribution in [0.1, 0.15) is 13.3 Å². The van der Waals surface area contributed by atoms with Crippen LogP contribution in [0.5, 0.6) is 0 Å². The molecule has 0 rings (SSSR count). The van der Waals surface area contributed by atoms with Crippen molar-refractivity contribution in [2.45, 2.75) is 19.4 Å². The zero-order valence-electron chi connectivity index (χ0n) is 8.49. The molecule has 0 radical (unpaired) electrons. The molecule has 0 aromatic heterocycles. The number of hydrogen-bond acceptors (Lipinski definition) is 4.